The largest absolute Gasteiger partial charge is 1.00 e. The number of carbonyl (C=O) groups excluding carboxylic acids is 2. The minimum Gasteiger partial charge on any atom is -1.00 e. The van der Waals surface area contributed by atoms with Crippen LogP contribution in [0.1, 0.15) is 42.5 Å². The van der Waals surface area contributed by atoms with Gasteiger partial charge in [-0.05, 0) is 13.8 Å². The Morgan fingerprint density at radius 1 is 1.00 bits per heavy atom. The van der Waals surface area contributed by atoms with E-state index in [2.05, 4.69) is 0 Å². The Kier molecular flexibility index (Phi) is 6.28. The summed E-state index contributed by atoms with van der Waals surface area (Å²) in [6.45, 7) is 7.74. The van der Waals surface area contributed by atoms with Crippen molar-refractivity contribution in [1.82, 2.24) is 0 Å². The summed E-state index contributed by atoms with van der Waals surface area (Å²) in [7, 11) is 0. The number of aliphatic carboxylic acids is 1. The fraction of sp³-hybridized carbons (Fsp3) is 0.727. The number of hydrogen-bond donors (Lipinski definition) is 1. The first-order valence-electron chi connectivity index (χ1n) is 4.79. The van der Waals surface area contributed by atoms with E-state index < -0.39 is 22.6 Å². The number of rotatable bonds is 4. The molecule has 0 heterocycles. The average molecular weight is 222 g/mol. The molecule has 0 bridgehead atoms. The van der Waals surface area contributed by atoms with Gasteiger partial charge in [0.2, 0.25) is 0 Å². The van der Waals surface area contributed by atoms with Gasteiger partial charge in [-0.25, -0.2) is 0 Å². The van der Waals surface area contributed by atoms with Crippen molar-refractivity contribution in [3.8, 4) is 0 Å². The maximum atomic E-state index is 11.6. The Balaban J connectivity index is -0.000000980. The van der Waals surface area contributed by atoms with Crippen LogP contribution in [0, 0.1) is 10.8 Å². The van der Waals surface area contributed by atoms with E-state index in [1.165, 1.54) is 13.8 Å². The second-order valence-electron chi connectivity index (χ2n) is 5.20. The number of Topliss-reactive ketones (excluding diaryl/α,β-unsaturated/α-hetero) is 2. The molecule has 0 atom stereocenters. The number of carbonyl (C=O) groups is 3. The zero-order valence-corrected chi connectivity index (χ0v) is 10.9. The van der Waals surface area contributed by atoms with E-state index in [9.17, 15) is 14.4 Å². The number of carboxylic acid groups (broad SMARTS) is 1. The molecule has 0 aromatic rings. The Bertz CT molecular complexity index is 305. The quantitative estimate of drug-likeness (QED) is 0.478. The number of hydrogen-bond acceptors (Lipinski definition) is 3. The molecule has 0 aliphatic carbocycles. The molecular formula is C11H19LiO4. The van der Waals surface area contributed by atoms with Crippen LogP contribution >= 0.6 is 0 Å². The third kappa shape index (κ3) is 4.50. The zero-order chi connectivity index (χ0) is 12.4. The molecule has 0 unspecified atom stereocenters. The van der Waals surface area contributed by atoms with Crippen LogP contribution in [0.15, 0.2) is 0 Å². The molecule has 88 valence electrons. The maximum absolute atomic E-state index is 11.6. The van der Waals surface area contributed by atoms with Crippen LogP contribution in [0.3, 0.4) is 0 Å². The van der Waals surface area contributed by atoms with Gasteiger partial charge in [0, 0.05) is 5.41 Å². The van der Waals surface area contributed by atoms with Crippen LogP contribution in [-0.4, -0.2) is 22.6 Å². The second kappa shape index (κ2) is 5.65. The summed E-state index contributed by atoms with van der Waals surface area (Å²) in [5.74, 6) is -1.98. The molecule has 0 aromatic carbocycles. The SMILES string of the molecule is CC(C)(C)C(=O)CC(=O)C(C)(C)C(=O)O.[H-].[Li+]. The molecule has 4 nitrogen and oxygen atoms in total. The summed E-state index contributed by atoms with van der Waals surface area (Å²) in [6.07, 6.45) is -0.317. The molecule has 0 saturated carbocycles. The van der Waals surface area contributed by atoms with E-state index in [1.54, 1.807) is 20.8 Å². The van der Waals surface area contributed by atoms with Crippen molar-refractivity contribution in [1.29, 1.82) is 0 Å². The molecular weight excluding hydrogens is 203 g/mol. The minimum atomic E-state index is -1.49. The number of ketones is 2. The Morgan fingerprint density at radius 2 is 1.38 bits per heavy atom. The van der Waals surface area contributed by atoms with Crippen LogP contribution < -0.4 is 18.9 Å². The first-order chi connectivity index (χ1) is 6.49. The molecule has 0 rings (SSSR count). The fourth-order valence-corrected chi connectivity index (χ4v) is 0.751. The van der Waals surface area contributed by atoms with Crippen molar-refractivity contribution < 1.29 is 39.8 Å². The summed E-state index contributed by atoms with van der Waals surface area (Å²) in [5, 5.41) is 8.80. The molecule has 1 N–H and O–H groups in total. The smallest absolute Gasteiger partial charge is 1.00 e. The summed E-state index contributed by atoms with van der Waals surface area (Å²) in [6, 6.07) is 0. The van der Waals surface area contributed by atoms with Crippen molar-refractivity contribution in [2.24, 2.45) is 10.8 Å². The Hall–Kier alpha value is -0.593. The molecule has 0 amide bonds. The molecule has 0 radical (unpaired) electrons. The van der Waals surface area contributed by atoms with Crippen LogP contribution in [0.5, 0.6) is 0 Å². The van der Waals surface area contributed by atoms with Crippen LogP contribution in [-0.2, 0) is 14.4 Å². The topological polar surface area (TPSA) is 71.4 Å². The fourth-order valence-electron chi connectivity index (χ4n) is 0.751. The van der Waals surface area contributed by atoms with E-state index >= 15 is 0 Å². The van der Waals surface area contributed by atoms with Gasteiger partial charge in [0.15, 0.2) is 5.78 Å². The Labute approximate surface area is 109 Å². The summed E-state index contributed by atoms with van der Waals surface area (Å²) < 4.78 is 0. The van der Waals surface area contributed by atoms with Gasteiger partial charge in [-0.15, -0.1) is 0 Å². The van der Waals surface area contributed by atoms with E-state index in [-0.39, 0.29) is 32.5 Å². The van der Waals surface area contributed by atoms with Crippen molar-refractivity contribution >= 4 is 17.5 Å². The second-order valence-corrected chi connectivity index (χ2v) is 5.20. The summed E-state index contributed by atoms with van der Waals surface area (Å²) in [4.78, 5) is 33.9. The van der Waals surface area contributed by atoms with Crippen molar-refractivity contribution in [2.45, 2.75) is 41.0 Å². The predicted molar refractivity (Wildman–Crippen MR) is 56.6 cm³/mol. The van der Waals surface area contributed by atoms with E-state index in [1.807, 2.05) is 0 Å². The van der Waals surface area contributed by atoms with Gasteiger partial charge in [-0.1, -0.05) is 20.8 Å². The van der Waals surface area contributed by atoms with Gasteiger partial charge >= 0.3 is 24.8 Å². The molecule has 0 spiro atoms. The molecule has 0 aliphatic rings. The van der Waals surface area contributed by atoms with Gasteiger partial charge in [0.05, 0.1) is 6.42 Å². The predicted octanol–water partition coefficient (Wildman–Crippen LogP) is -1.21. The van der Waals surface area contributed by atoms with Crippen LogP contribution in [0.2, 0.25) is 0 Å². The minimum absolute atomic E-state index is 0. The van der Waals surface area contributed by atoms with E-state index in [0.717, 1.165) is 0 Å². The van der Waals surface area contributed by atoms with Crippen LogP contribution in [0.25, 0.3) is 0 Å². The first-order valence-corrected chi connectivity index (χ1v) is 4.79. The monoisotopic (exact) mass is 222 g/mol. The van der Waals surface area contributed by atoms with Gasteiger partial charge in [-0.3, -0.25) is 14.4 Å². The zero-order valence-electron chi connectivity index (χ0n) is 11.9. The third-order valence-electron chi connectivity index (χ3n) is 2.39. The van der Waals surface area contributed by atoms with Gasteiger partial charge in [-0.2, -0.15) is 0 Å². The van der Waals surface area contributed by atoms with Gasteiger partial charge in [0.25, 0.3) is 0 Å². The standard InChI is InChI=1S/C11H18O4.Li.H/c1-10(2,3)7(12)6-8(13)11(4,5)9(14)15;;/h6H2,1-5H3,(H,14,15);;/q;+1;-1. The average Bonchev–Trinajstić information content (AvgIpc) is 2.01. The van der Waals surface area contributed by atoms with E-state index in [4.69, 9.17) is 5.11 Å². The maximum Gasteiger partial charge on any atom is 1.00 e. The van der Waals surface area contributed by atoms with Crippen molar-refractivity contribution in [3.05, 3.63) is 0 Å². The van der Waals surface area contributed by atoms with Gasteiger partial charge in [0.1, 0.15) is 11.2 Å². The first kappa shape index (κ1) is 17.8. The molecule has 5 heteroatoms. The molecule has 16 heavy (non-hydrogen) atoms. The Morgan fingerprint density at radius 3 is 1.62 bits per heavy atom. The van der Waals surface area contributed by atoms with Crippen molar-refractivity contribution in [3.63, 3.8) is 0 Å². The van der Waals surface area contributed by atoms with Gasteiger partial charge < -0.3 is 6.53 Å². The third-order valence-corrected chi connectivity index (χ3v) is 2.39. The summed E-state index contributed by atoms with van der Waals surface area (Å²) >= 11 is 0. The summed E-state index contributed by atoms with van der Waals surface area (Å²) in [5.41, 5.74) is -2.09. The molecule has 0 aliphatic heterocycles. The van der Waals surface area contributed by atoms with Crippen molar-refractivity contribution in [2.75, 3.05) is 0 Å². The normalized spacial score (nSPS) is 11.6. The molecule has 0 aromatic heterocycles. The molecule has 0 fully saturated rings. The number of carboxylic acids is 1. The van der Waals surface area contributed by atoms with E-state index in [0.29, 0.717) is 0 Å². The molecule has 0 saturated heterocycles. The van der Waals surface area contributed by atoms with Crippen LogP contribution in [0.4, 0.5) is 0 Å².